The molecule has 0 amide bonds. The van der Waals surface area contributed by atoms with Crippen LogP contribution in [0.5, 0.6) is 0 Å². The van der Waals surface area contributed by atoms with Crippen LogP contribution in [0.4, 0.5) is 5.69 Å². The first kappa shape index (κ1) is 16.3. The third kappa shape index (κ3) is 4.18. The summed E-state index contributed by atoms with van der Waals surface area (Å²) in [7, 11) is -3.37. The molecule has 0 spiro atoms. The molecule has 0 atom stereocenters. The van der Waals surface area contributed by atoms with Crippen molar-refractivity contribution in [3.8, 4) is 0 Å². The summed E-state index contributed by atoms with van der Waals surface area (Å²) in [6.45, 7) is 5.14. The van der Waals surface area contributed by atoms with Gasteiger partial charge in [0.15, 0.2) is 0 Å². The fraction of sp³-hybridized carbons (Fsp3) is 0.600. The van der Waals surface area contributed by atoms with Crippen molar-refractivity contribution in [1.29, 1.82) is 0 Å². The minimum atomic E-state index is -3.37. The first-order valence-electron chi connectivity index (χ1n) is 7.61. The van der Waals surface area contributed by atoms with Crippen LogP contribution in [0.2, 0.25) is 0 Å². The zero-order valence-corrected chi connectivity index (χ0v) is 13.4. The highest BCUT2D eigenvalue weighted by atomic mass is 32.2. The van der Waals surface area contributed by atoms with E-state index in [1.165, 1.54) is 0 Å². The lowest BCUT2D eigenvalue weighted by molar-refractivity contribution is 0.414. The van der Waals surface area contributed by atoms with Crippen molar-refractivity contribution >= 4 is 15.7 Å². The number of benzene rings is 1. The van der Waals surface area contributed by atoms with E-state index in [1.54, 1.807) is 12.1 Å². The van der Waals surface area contributed by atoms with Crippen molar-refractivity contribution in [2.75, 3.05) is 31.1 Å². The predicted molar refractivity (Wildman–Crippen MR) is 85.9 cm³/mol. The van der Waals surface area contributed by atoms with E-state index in [0.29, 0.717) is 17.4 Å². The lowest BCUT2D eigenvalue weighted by atomic mass is 9.97. The number of nitrogens with two attached hydrogens (primary N) is 1. The summed E-state index contributed by atoms with van der Waals surface area (Å²) in [6.07, 6.45) is 3.00. The molecule has 0 saturated carbocycles. The first-order valence-corrected chi connectivity index (χ1v) is 9.10. The number of hydrogen-bond donors (Lipinski definition) is 2. The van der Waals surface area contributed by atoms with Gasteiger partial charge in [-0.2, -0.15) is 0 Å². The van der Waals surface area contributed by atoms with Crippen LogP contribution in [-0.2, 0) is 10.0 Å². The summed E-state index contributed by atoms with van der Waals surface area (Å²) in [5.41, 5.74) is 6.79. The van der Waals surface area contributed by atoms with Crippen LogP contribution in [0, 0.1) is 5.92 Å². The molecule has 1 aromatic carbocycles. The van der Waals surface area contributed by atoms with Crippen molar-refractivity contribution < 1.29 is 8.42 Å². The minimum Gasteiger partial charge on any atom is -0.372 e. The van der Waals surface area contributed by atoms with Gasteiger partial charge in [-0.25, -0.2) is 13.1 Å². The summed E-state index contributed by atoms with van der Waals surface area (Å²) in [5, 5.41) is 0. The minimum absolute atomic E-state index is 0.330. The lowest BCUT2D eigenvalue weighted by Gasteiger charge is -2.33. The molecule has 0 unspecified atom stereocenters. The molecule has 0 aliphatic carbocycles. The van der Waals surface area contributed by atoms with E-state index in [2.05, 4.69) is 9.62 Å². The molecule has 1 aliphatic heterocycles. The second-order valence-electron chi connectivity index (χ2n) is 5.56. The lowest BCUT2D eigenvalue weighted by Crippen LogP contribution is -2.36. The van der Waals surface area contributed by atoms with Gasteiger partial charge in [-0.1, -0.05) is 6.92 Å². The van der Waals surface area contributed by atoms with Crippen molar-refractivity contribution in [2.45, 2.75) is 31.1 Å². The van der Waals surface area contributed by atoms with Crippen LogP contribution in [0.3, 0.4) is 0 Å². The maximum absolute atomic E-state index is 12.0. The third-order valence-electron chi connectivity index (χ3n) is 4.00. The number of piperidine rings is 1. The highest BCUT2D eigenvalue weighted by Gasteiger charge is 2.19. The smallest absolute Gasteiger partial charge is 0.240 e. The van der Waals surface area contributed by atoms with Gasteiger partial charge in [0.1, 0.15) is 0 Å². The van der Waals surface area contributed by atoms with E-state index in [9.17, 15) is 8.42 Å². The third-order valence-corrected chi connectivity index (χ3v) is 5.48. The van der Waals surface area contributed by atoms with Gasteiger partial charge in [0.05, 0.1) is 4.90 Å². The molecular formula is C15H25N3O2S. The summed E-state index contributed by atoms with van der Waals surface area (Å²) in [4.78, 5) is 2.62. The van der Waals surface area contributed by atoms with Crippen LogP contribution in [0.15, 0.2) is 29.2 Å². The molecule has 2 rings (SSSR count). The van der Waals surface area contributed by atoms with Gasteiger partial charge < -0.3 is 10.6 Å². The van der Waals surface area contributed by atoms with E-state index in [0.717, 1.165) is 44.6 Å². The van der Waals surface area contributed by atoms with Crippen LogP contribution in [0.1, 0.15) is 26.2 Å². The van der Waals surface area contributed by atoms with Gasteiger partial charge in [0, 0.05) is 25.3 Å². The molecule has 1 aliphatic rings. The molecule has 1 fully saturated rings. The second kappa shape index (κ2) is 7.24. The van der Waals surface area contributed by atoms with Crippen LogP contribution in [0.25, 0.3) is 0 Å². The van der Waals surface area contributed by atoms with E-state index in [-0.39, 0.29) is 0 Å². The number of nitrogens with zero attached hydrogens (tertiary/aromatic N) is 1. The Bertz CT molecular complexity index is 535. The predicted octanol–water partition coefficient (Wildman–Crippen LogP) is 1.55. The van der Waals surface area contributed by atoms with E-state index >= 15 is 0 Å². The van der Waals surface area contributed by atoms with E-state index < -0.39 is 10.0 Å². The Labute approximate surface area is 127 Å². The van der Waals surface area contributed by atoms with Gasteiger partial charge in [-0.15, -0.1) is 0 Å². The maximum Gasteiger partial charge on any atom is 0.240 e. The average molecular weight is 311 g/mol. The topological polar surface area (TPSA) is 75.4 Å². The molecular weight excluding hydrogens is 286 g/mol. The van der Waals surface area contributed by atoms with Gasteiger partial charge >= 0.3 is 0 Å². The van der Waals surface area contributed by atoms with Gasteiger partial charge in [0.25, 0.3) is 0 Å². The van der Waals surface area contributed by atoms with Crippen molar-refractivity contribution in [3.63, 3.8) is 0 Å². The average Bonchev–Trinajstić information content (AvgIpc) is 2.53. The Balaban J connectivity index is 2.02. The largest absolute Gasteiger partial charge is 0.372 e. The number of rotatable bonds is 6. The van der Waals surface area contributed by atoms with Crippen LogP contribution in [-0.4, -0.2) is 34.6 Å². The zero-order valence-electron chi connectivity index (χ0n) is 12.6. The van der Waals surface area contributed by atoms with Gasteiger partial charge in [-0.3, -0.25) is 0 Å². The quantitative estimate of drug-likeness (QED) is 0.836. The summed E-state index contributed by atoms with van der Waals surface area (Å²) >= 11 is 0. The molecule has 118 valence electrons. The number of sulfonamides is 1. The fourth-order valence-corrected chi connectivity index (χ4v) is 3.72. The Morgan fingerprint density at radius 2 is 1.86 bits per heavy atom. The maximum atomic E-state index is 12.0. The Hall–Kier alpha value is -1.11. The number of anilines is 1. The number of hydrogen-bond acceptors (Lipinski definition) is 4. The monoisotopic (exact) mass is 311 g/mol. The highest BCUT2D eigenvalue weighted by molar-refractivity contribution is 7.89. The summed E-state index contributed by atoms with van der Waals surface area (Å²) in [6, 6.07) is 7.15. The Kier molecular flexibility index (Phi) is 5.61. The van der Waals surface area contributed by atoms with Crippen molar-refractivity contribution in [3.05, 3.63) is 24.3 Å². The van der Waals surface area contributed by atoms with Crippen molar-refractivity contribution in [1.82, 2.24) is 4.72 Å². The normalized spacial score (nSPS) is 17.1. The molecule has 21 heavy (non-hydrogen) atoms. The number of nitrogens with one attached hydrogen (secondary N) is 1. The first-order chi connectivity index (χ1) is 10.1. The Morgan fingerprint density at radius 1 is 1.24 bits per heavy atom. The fourth-order valence-electron chi connectivity index (χ4n) is 2.58. The molecule has 1 saturated heterocycles. The molecule has 1 heterocycles. The van der Waals surface area contributed by atoms with Gasteiger partial charge in [0.2, 0.25) is 10.0 Å². The molecule has 3 N–H and O–H groups in total. The van der Waals surface area contributed by atoms with E-state index in [4.69, 9.17) is 5.73 Å². The highest BCUT2D eigenvalue weighted by Crippen LogP contribution is 2.24. The molecule has 6 heteroatoms. The molecule has 1 aromatic rings. The molecule has 0 aromatic heterocycles. The Morgan fingerprint density at radius 3 is 2.38 bits per heavy atom. The zero-order chi connectivity index (χ0) is 15.3. The molecule has 0 bridgehead atoms. The molecule has 5 nitrogen and oxygen atoms in total. The van der Waals surface area contributed by atoms with Crippen LogP contribution >= 0.6 is 0 Å². The van der Waals surface area contributed by atoms with Crippen molar-refractivity contribution in [2.24, 2.45) is 11.7 Å². The SMILES string of the molecule is CCCNS(=O)(=O)c1ccc(N2CCC(CN)CC2)cc1. The molecule has 0 radical (unpaired) electrons. The van der Waals surface area contributed by atoms with Gasteiger partial charge in [-0.05, 0) is 56.0 Å². The summed E-state index contributed by atoms with van der Waals surface area (Å²) in [5.74, 6) is 0.624. The summed E-state index contributed by atoms with van der Waals surface area (Å²) < 4.78 is 26.6. The second-order valence-corrected chi connectivity index (χ2v) is 7.32. The standard InChI is InChI=1S/C15H25N3O2S/c1-2-9-17-21(19,20)15-5-3-14(4-6-15)18-10-7-13(12-16)8-11-18/h3-6,13,17H,2,7-12,16H2,1H3. The van der Waals surface area contributed by atoms with E-state index in [1.807, 2.05) is 19.1 Å². The van der Waals surface area contributed by atoms with Crippen LogP contribution < -0.4 is 15.4 Å².